The number of aromatic nitrogens is 3. The molecular weight excluding hydrogens is 687 g/mol. The highest BCUT2D eigenvalue weighted by atomic mass is 15.1. The van der Waals surface area contributed by atoms with Gasteiger partial charge in [-0.1, -0.05) is 109 Å². The van der Waals surface area contributed by atoms with E-state index >= 15 is 0 Å². The molecule has 7 heteroatoms. The molecule has 0 unspecified atom stereocenters. The van der Waals surface area contributed by atoms with Gasteiger partial charge >= 0.3 is 0 Å². The Kier molecular flexibility index (Phi) is 8.53. The lowest BCUT2D eigenvalue weighted by Gasteiger charge is -2.25. The maximum Gasteiger partial charge on any atom is 0.211 e. The molecule has 0 aliphatic carbocycles. The van der Waals surface area contributed by atoms with Crippen molar-refractivity contribution in [3.63, 3.8) is 0 Å². The number of hydrogen-bond donors (Lipinski definition) is 0. The third kappa shape index (κ3) is 5.87. The lowest BCUT2D eigenvalue weighted by atomic mass is 10.0. The summed E-state index contributed by atoms with van der Waals surface area (Å²) < 4.78 is 2.16. The van der Waals surface area contributed by atoms with Crippen LogP contribution in [0.2, 0.25) is 0 Å². The van der Waals surface area contributed by atoms with Crippen molar-refractivity contribution >= 4 is 55.9 Å². The zero-order valence-electron chi connectivity index (χ0n) is 29.9. The van der Waals surface area contributed by atoms with Gasteiger partial charge in [-0.05, 0) is 72.3 Å². The summed E-state index contributed by atoms with van der Waals surface area (Å²) in [4.78, 5) is 23.6. The number of rotatable bonds is 7. The molecule has 2 aromatic heterocycles. The maximum atomic E-state index is 8.41. The first kappa shape index (κ1) is 33.5. The van der Waals surface area contributed by atoms with Crippen LogP contribution in [0.3, 0.4) is 0 Å². The Morgan fingerprint density at radius 2 is 1.00 bits per heavy atom. The van der Waals surface area contributed by atoms with Gasteiger partial charge < -0.3 is 9.47 Å². The van der Waals surface area contributed by atoms with Crippen LogP contribution in [0, 0.1) is 19.7 Å². The average molecular weight is 716 g/mol. The molecule has 9 rings (SSSR count). The Morgan fingerprint density at radius 3 is 1.70 bits per heavy atom. The molecule has 0 spiro atoms. The Bertz CT molecular complexity index is 2960. The topological polar surface area (TPSA) is 47.0 Å². The molecule has 0 atom stereocenters. The van der Waals surface area contributed by atoms with E-state index in [0.717, 1.165) is 50.1 Å². The fourth-order valence-electron chi connectivity index (χ4n) is 7.32. The fourth-order valence-corrected chi connectivity index (χ4v) is 7.32. The number of benzene rings is 7. The molecule has 0 amide bonds. The molecule has 7 nitrogen and oxygen atoms in total. The highest BCUT2D eigenvalue weighted by Gasteiger charge is 2.20. The van der Waals surface area contributed by atoms with Crippen LogP contribution in [0.1, 0.15) is 0 Å². The van der Waals surface area contributed by atoms with Crippen molar-refractivity contribution in [3.05, 3.63) is 210 Å². The van der Waals surface area contributed by atoms with Crippen LogP contribution in [-0.4, -0.2) is 14.5 Å². The van der Waals surface area contributed by atoms with Gasteiger partial charge in [0.15, 0.2) is 11.4 Å². The number of para-hydroxylation sites is 5. The molecule has 0 fully saturated rings. The summed E-state index contributed by atoms with van der Waals surface area (Å²) in [6.45, 7) is 24.0. The van der Waals surface area contributed by atoms with E-state index in [0.29, 0.717) is 45.4 Å². The molecule has 260 valence electrons. The van der Waals surface area contributed by atoms with E-state index in [9.17, 15) is 0 Å². The van der Waals surface area contributed by atoms with Gasteiger partial charge in [-0.25, -0.2) is 24.5 Å². The Labute approximate surface area is 324 Å². The van der Waals surface area contributed by atoms with Crippen LogP contribution in [0.25, 0.3) is 75.9 Å². The zero-order valence-corrected chi connectivity index (χ0v) is 29.9. The van der Waals surface area contributed by atoms with Crippen LogP contribution in [-0.2, 0) is 0 Å². The Balaban J connectivity index is 1.21. The molecule has 0 aliphatic rings. The Morgan fingerprint density at radius 1 is 0.429 bits per heavy atom. The summed E-state index contributed by atoms with van der Waals surface area (Å²) in [7, 11) is 0. The SMILES string of the molecule is [C-]#[N+]c1ccccc1-c1cc(-c2ccc(-n3c4ccccc4c4cc(N(c5ccccc5)c5ccccc5)ccc43)c([N+]#[C-])c2)nc(-c2ccccc2[N+]#[C-])n1. The largest absolute Gasteiger partial charge is 0.319 e. The lowest BCUT2D eigenvalue weighted by molar-refractivity contribution is 1.17. The summed E-state index contributed by atoms with van der Waals surface area (Å²) in [5.74, 6) is 0.371. The molecule has 7 aromatic carbocycles. The third-order valence-electron chi connectivity index (χ3n) is 9.87. The van der Waals surface area contributed by atoms with E-state index in [1.54, 1.807) is 12.1 Å². The average Bonchev–Trinajstić information content (AvgIpc) is 3.60. The van der Waals surface area contributed by atoms with E-state index in [1.165, 1.54) is 0 Å². The molecule has 0 saturated heterocycles. The van der Waals surface area contributed by atoms with Crippen molar-refractivity contribution in [3.8, 4) is 39.6 Å². The minimum absolute atomic E-state index is 0.371. The fraction of sp³-hybridized carbons (Fsp3) is 0. The molecule has 0 radical (unpaired) electrons. The highest BCUT2D eigenvalue weighted by Crippen LogP contribution is 2.42. The summed E-state index contributed by atoms with van der Waals surface area (Å²) in [5.41, 5.74) is 10.3. The van der Waals surface area contributed by atoms with Gasteiger partial charge in [-0.2, -0.15) is 0 Å². The molecule has 0 saturated carbocycles. The molecule has 0 N–H and O–H groups in total. The van der Waals surface area contributed by atoms with Crippen LogP contribution in [0.5, 0.6) is 0 Å². The summed E-state index contributed by atoms with van der Waals surface area (Å²) in [5, 5.41) is 2.14. The van der Waals surface area contributed by atoms with Gasteiger partial charge in [-0.15, -0.1) is 0 Å². The van der Waals surface area contributed by atoms with Crippen molar-refractivity contribution in [1.29, 1.82) is 0 Å². The van der Waals surface area contributed by atoms with Crippen molar-refractivity contribution in [2.24, 2.45) is 0 Å². The summed E-state index contributed by atoms with van der Waals surface area (Å²) in [6, 6.07) is 57.7. The standard InChI is InChI=1S/C49H29N7/c1-50-41-23-13-10-21-38(41)44-32-43(53-49(54-44)39-22-11-14-24-42(39)51-2)33-26-28-48(45(30-33)52-3)56-46-25-15-12-20-37(46)40-31-36(27-29-47(40)56)55(34-16-6-4-7-17-34)35-18-8-5-9-19-35/h4-32H. The summed E-state index contributed by atoms with van der Waals surface area (Å²) in [6.07, 6.45) is 0. The van der Waals surface area contributed by atoms with Gasteiger partial charge in [0.2, 0.25) is 5.69 Å². The Hall–Kier alpha value is -8.31. The first-order valence-electron chi connectivity index (χ1n) is 17.9. The van der Waals surface area contributed by atoms with Crippen LogP contribution in [0.15, 0.2) is 176 Å². The predicted molar refractivity (Wildman–Crippen MR) is 226 cm³/mol. The second-order valence-corrected chi connectivity index (χ2v) is 13.1. The number of anilines is 3. The van der Waals surface area contributed by atoms with Crippen molar-refractivity contribution in [2.75, 3.05) is 4.90 Å². The molecule has 0 aliphatic heterocycles. The van der Waals surface area contributed by atoms with Crippen molar-refractivity contribution in [2.45, 2.75) is 0 Å². The van der Waals surface area contributed by atoms with Gasteiger partial charge in [0.1, 0.15) is 5.82 Å². The third-order valence-corrected chi connectivity index (χ3v) is 9.87. The monoisotopic (exact) mass is 715 g/mol. The van der Waals surface area contributed by atoms with E-state index in [-0.39, 0.29) is 0 Å². The van der Waals surface area contributed by atoms with E-state index in [2.05, 4.69) is 78.6 Å². The second-order valence-electron chi connectivity index (χ2n) is 13.1. The smallest absolute Gasteiger partial charge is 0.211 e. The van der Waals surface area contributed by atoms with Gasteiger partial charge in [0.05, 0.1) is 47.8 Å². The minimum Gasteiger partial charge on any atom is -0.319 e. The summed E-state index contributed by atoms with van der Waals surface area (Å²) >= 11 is 0. The van der Waals surface area contributed by atoms with Crippen LogP contribution < -0.4 is 4.90 Å². The van der Waals surface area contributed by atoms with Crippen LogP contribution >= 0.6 is 0 Å². The van der Waals surface area contributed by atoms with E-state index in [4.69, 9.17) is 29.7 Å². The predicted octanol–water partition coefficient (Wildman–Crippen LogP) is 13.7. The van der Waals surface area contributed by atoms with Gasteiger partial charge in [0.25, 0.3) is 0 Å². The minimum atomic E-state index is 0.371. The van der Waals surface area contributed by atoms with Gasteiger partial charge in [-0.3, -0.25) is 0 Å². The maximum absolute atomic E-state index is 8.41. The quantitative estimate of drug-likeness (QED) is 0.154. The van der Waals surface area contributed by atoms with E-state index < -0.39 is 0 Å². The first-order valence-corrected chi connectivity index (χ1v) is 17.9. The highest BCUT2D eigenvalue weighted by molar-refractivity contribution is 6.11. The molecule has 56 heavy (non-hydrogen) atoms. The van der Waals surface area contributed by atoms with Gasteiger partial charge in [0, 0.05) is 39.0 Å². The number of nitrogens with zero attached hydrogens (tertiary/aromatic N) is 7. The molecule has 9 aromatic rings. The molecule has 0 bridgehead atoms. The van der Waals surface area contributed by atoms with Crippen molar-refractivity contribution in [1.82, 2.24) is 14.5 Å². The normalized spacial score (nSPS) is 10.8. The zero-order chi connectivity index (χ0) is 38.0. The lowest BCUT2D eigenvalue weighted by Crippen LogP contribution is -2.09. The molecular formula is C49H29N7. The van der Waals surface area contributed by atoms with Crippen LogP contribution in [0.4, 0.5) is 34.1 Å². The first-order chi connectivity index (χ1) is 27.6. The van der Waals surface area contributed by atoms with E-state index in [1.807, 2.05) is 109 Å². The number of hydrogen-bond acceptors (Lipinski definition) is 3. The second kappa shape index (κ2) is 14.3. The number of fused-ring (bicyclic) bond motifs is 3. The van der Waals surface area contributed by atoms with Crippen molar-refractivity contribution < 1.29 is 0 Å². The molecule has 2 heterocycles.